The maximum Gasteiger partial charge on any atom is 0.0472 e. The van der Waals surface area contributed by atoms with Crippen LogP contribution in [0.2, 0.25) is 0 Å². The van der Waals surface area contributed by atoms with E-state index in [0.717, 1.165) is 51.6 Å². The second-order valence-electron chi connectivity index (χ2n) is 5.86. The molecule has 0 radical (unpaired) electrons. The largest absolute Gasteiger partial charge is 0.381 e. The molecule has 1 rings (SSSR count). The van der Waals surface area contributed by atoms with E-state index in [2.05, 4.69) is 19.2 Å². The first-order valence-corrected chi connectivity index (χ1v) is 7.75. The van der Waals surface area contributed by atoms with Crippen molar-refractivity contribution in [2.75, 3.05) is 32.8 Å². The Morgan fingerprint density at radius 3 is 2.56 bits per heavy atom. The van der Waals surface area contributed by atoms with Crippen molar-refractivity contribution in [2.24, 2.45) is 17.1 Å². The molecule has 0 aromatic carbocycles. The Balaban J connectivity index is 2.24. The molecule has 1 fully saturated rings. The van der Waals surface area contributed by atoms with Crippen LogP contribution in [0.1, 0.15) is 52.4 Å². The maximum absolute atomic E-state index is 5.97. The third-order valence-electron chi connectivity index (χ3n) is 4.46. The van der Waals surface area contributed by atoms with Crippen LogP contribution in [0.3, 0.4) is 0 Å². The first-order valence-electron chi connectivity index (χ1n) is 7.75. The highest BCUT2D eigenvalue weighted by Crippen LogP contribution is 2.28. The average molecular weight is 256 g/mol. The summed E-state index contributed by atoms with van der Waals surface area (Å²) < 4.78 is 5.44. The maximum atomic E-state index is 5.97. The highest BCUT2D eigenvalue weighted by Gasteiger charge is 2.30. The molecule has 0 spiro atoms. The average Bonchev–Trinajstić information content (AvgIpc) is 2.43. The normalized spacial score (nSPS) is 20.8. The number of ether oxygens (including phenoxy) is 1. The van der Waals surface area contributed by atoms with Gasteiger partial charge in [-0.25, -0.2) is 0 Å². The molecule has 1 aliphatic rings. The van der Waals surface area contributed by atoms with Crippen molar-refractivity contribution in [3.63, 3.8) is 0 Å². The smallest absolute Gasteiger partial charge is 0.0472 e. The van der Waals surface area contributed by atoms with Gasteiger partial charge in [0.15, 0.2) is 0 Å². The monoisotopic (exact) mass is 256 g/mol. The molecule has 0 aromatic heterocycles. The van der Waals surface area contributed by atoms with Gasteiger partial charge in [0.1, 0.15) is 0 Å². The number of hydrogen-bond donors (Lipinski definition) is 2. The number of nitrogens with two attached hydrogens (primary N) is 1. The Hall–Kier alpha value is -0.120. The van der Waals surface area contributed by atoms with Gasteiger partial charge in [-0.3, -0.25) is 0 Å². The fourth-order valence-corrected chi connectivity index (χ4v) is 2.74. The zero-order chi connectivity index (χ0) is 13.3. The lowest BCUT2D eigenvalue weighted by molar-refractivity contribution is 0.0188. The molecule has 3 heteroatoms. The predicted molar refractivity (Wildman–Crippen MR) is 77.7 cm³/mol. The van der Waals surface area contributed by atoms with Crippen LogP contribution in [-0.2, 0) is 4.74 Å². The molecule has 1 unspecified atom stereocenters. The van der Waals surface area contributed by atoms with Crippen molar-refractivity contribution in [3.8, 4) is 0 Å². The van der Waals surface area contributed by atoms with Crippen LogP contribution in [0, 0.1) is 11.3 Å². The second-order valence-corrected chi connectivity index (χ2v) is 5.86. The fourth-order valence-electron chi connectivity index (χ4n) is 2.74. The molecule has 1 saturated heterocycles. The van der Waals surface area contributed by atoms with E-state index in [4.69, 9.17) is 10.5 Å². The lowest BCUT2D eigenvalue weighted by Gasteiger charge is -2.36. The third-order valence-corrected chi connectivity index (χ3v) is 4.46. The van der Waals surface area contributed by atoms with Crippen molar-refractivity contribution in [3.05, 3.63) is 0 Å². The summed E-state index contributed by atoms with van der Waals surface area (Å²) in [6.45, 7) is 9.34. The zero-order valence-corrected chi connectivity index (χ0v) is 12.3. The van der Waals surface area contributed by atoms with Crippen molar-refractivity contribution >= 4 is 0 Å². The topological polar surface area (TPSA) is 47.3 Å². The minimum atomic E-state index is 0.293. The minimum Gasteiger partial charge on any atom is -0.381 e. The predicted octanol–water partition coefficient (Wildman–Crippen LogP) is 2.55. The molecular formula is C15H32N2O. The molecule has 0 aliphatic carbocycles. The Bertz CT molecular complexity index is 203. The van der Waals surface area contributed by atoms with Gasteiger partial charge in [-0.2, -0.15) is 0 Å². The molecule has 1 aliphatic heterocycles. The first-order chi connectivity index (χ1) is 8.76. The summed E-state index contributed by atoms with van der Waals surface area (Å²) in [5.74, 6) is 0.833. The highest BCUT2D eigenvalue weighted by atomic mass is 16.5. The minimum absolute atomic E-state index is 0.293. The van der Waals surface area contributed by atoms with E-state index in [1.165, 1.54) is 25.7 Å². The molecule has 0 amide bonds. The van der Waals surface area contributed by atoms with Gasteiger partial charge in [-0.1, -0.05) is 33.1 Å². The molecule has 0 saturated carbocycles. The van der Waals surface area contributed by atoms with Gasteiger partial charge in [-0.05, 0) is 43.7 Å². The summed E-state index contributed by atoms with van der Waals surface area (Å²) in [4.78, 5) is 0. The molecule has 3 nitrogen and oxygen atoms in total. The molecule has 0 bridgehead atoms. The molecule has 108 valence electrons. The van der Waals surface area contributed by atoms with Crippen LogP contribution in [0.25, 0.3) is 0 Å². The molecule has 18 heavy (non-hydrogen) atoms. The van der Waals surface area contributed by atoms with Gasteiger partial charge < -0.3 is 15.8 Å². The Morgan fingerprint density at radius 2 is 2.00 bits per heavy atom. The van der Waals surface area contributed by atoms with Gasteiger partial charge in [0, 0.05) is 19.8 Å². The Kier molecular flexibility index (Phi) is 7.87. The van der Waals surface area contributed by atoms with E-state index < -0.39 is 0 Å². The quantitative estimate of drug-likeness (QED) is 0.666. The third kappa shape index (κ3) is 5.25. The van der Waals surface area contributed by atoms with Crippen LogP contribution in [0.15, 0.2) is 0 Å². The molecule has 3 N–H and O–H groups in total. The van der Waals surface area contributed by atoms with Crippen LogP contribution in [0.4, 0.5) is 0 Å². The lowest BCUT2D eigenvalue weighted by atomic mass is 9.80. The SMILES string of the molecule is CCCCC(CC)CNCC1(CN)CCOCC1. The number of rotatable bonds is 9. The highest BCUT2D eigenvalue weighted by molar-refractivity contribution is 4.85. The van der Waals surface area contributed by atoms with Crippen LogP contribution in [0.5, 0.6) is 0 Å². The van der Waals surface area contributed by atoms with Gasteiger partial charge in [0.2, 0.25) is 0 Å². The summed E-state index contributed by atoms with van der Waals surface area (Å²) >= 11 is 0. The summed E-state index contributed by atoms with van der Waals surface area (Å²) in [5.41, 5.74) is 6.27. The summed E-state index contributed by atoms with van der Waals surface area (Å²) in [6.07, 6.45) is 7.53. The van der Waals surface area contributed by atoms with E-state index in [0.29, 0.717) is 5.41 Å². The van der Waals surface area contributed by atoms with Crippen molar-refractivity contribution in [1.82, 2.24) is 5.32 Å². The Labute approximate surface area is 113 Å². The first kappa shape index (κ1) is 15.9. The van der Waals surface area contributed by atoms with Crippen molar-refractivity contribution in [1.29, 1.82) is 0 Å². The van der Waals surface area contributed by atoms with Crippen LogP contribution < -0.4 is 11.1 Å². The molecule has 0 aromatic rings. The number of nitrogens with one attached hydrogen (secondary N) is 1. The van der Waals surface area contributed by atoms with E-state index in [-0.39, 0.29) is 0 Å². The molecular weight excluding hydrogens is 224 g/mol. The van der Waals surface area contributed by atoms with Gasteiger partial charge >= 0.3 is 0 Å². The zero-order valence-electron chi connectivity index (χ0n) is 12.3. The summed E-state index contributed by atoms with van der Waals surface area (Å²) in [5, 5.41) is 3.67. The fraction of sp³-hybridized carbons (Fsp3) is 1.00. The number of hydrogen-bond acceptors (Lipinski definition) is 3. The van der Waals surface area contributed by atoms with E-state index in [9.17, 15) is 0 Å². The molecule has 1 heterocycles. The molecule has 1 atom stereocenters. The summed E-state index contributed by atoms with van der Waals surface area (Å²) in [6, 6.07) is 0. The van der Waals surface area contributed by atoms with Crippen LogP contribution >= 0.6 is 0 Å². The van der Waals surface area contributed by atoms with Crippen molar-refractivity contribution in [2.45, 2.75) is 52.4 Å². The Morgan fingerprint density at radius 1 is 1.28 bits per heavy atom. The lowest BCUT2D eigenvalue weighted by Crippen LogP contribution is -2.45. The number of unbranched alkanes of at least 4 members (excludes halogenated alkanes) is 1. The van der Waals surface area contributed by atoms with Gasteiger partial charge in [0.25, 0.3) is 0 Å². The van der Waals surface area contributed by atoms with E-state index >= 15 is 0 Å². The van der Waals surface area contributed by atoms with Crippen LogP contribution in [-0.4, -0.2) is 32.8 Å². The van der Waals surface area contributed by atoms with Gasteiger partial charge in [0.05, 0.1) is 0 Å². The second kappa shape index (κ2) is 8.89. The summed E-state index contributed by atoms with van der Waals surface area (Å²) in [7, 11) is 0. The standard InChI is InChI=1S/C15H32N2O/c1-3-5-6-14(4-2)11-17-13-15(12-16)7-9-18-10-8-15/h14,17H,3-13,16H2,1-2H3. The van der Waals surface area contributed by atoms with Gasteiger partial charge in [-0.15, -0.1) is 0 Å². The van der Waals surface area contributed by atoms with E-state index in [1.54, 1.807) is 0 Å². The van der Waals surface area contributed by atoms with Crippen molar-refractivity contribution < 1.29 is 4.74 Å². The van der Waals surface area contributed by atoms with E-state index in [1.807, 2.05) is 0 Å².